The third kappa shape index (κ3) is 6.07. The highest BCUT2D eigenvalue weighted by Crippen LogP contribution is 2.35. The lowest BCUT2D eigenvalue weighted by molar-refractivity contribution is -0.136. The van der Waals surface area contributed by atoms with Crippen molar-refractivity contribution in [3.05, 3.63) is 53.3 Å². The van der Waals surface area contributed by atoms with Crippen LogP contribution in [0.2, 0.25) is 0 Å². The number of carboxylic acid groups (broad SMARTS) is 1. The molecule has 0 unspecified atom stereocenters. The molecule has 0 atom stereocenters. The fraction of sp³-hybridized carbons (Fsp3) is 0.350. The molecule has 3 rings (SSSR count). The molecule has 3 N–H and O–H groups in total. The molecule has 1 fully saturated rings. The number of nitrogens with zero attached hydrogens (tertiary/aromatic N) is 3. The van der Waals surface area contributed by atoms with Crippen molar-refractivity contribution in [3.8, 4) is 0 Å². The summed E-state index contributed by atoms with van der Waals surface area (Å²) in [6.07, 6.45) is -4.22. The molecule has 1 aromatic heterocycles. The smallest absolute Gasteiger partial charge is 0.418 e. The van der Waals surface area contributed by atoms with Crippen LogP contribution in [0.3, 0.4) is 0 Å². The van der Waals surface area contributed by atoms with Gasteiger partial charge >= 0.3 is 18.3 Å². The zero-order valence-electron chi connectivity index (χ0n) is 16.7. The Labute approximate surface area is 176 Å². The van der Waals surface area contributed by atoms with E-state index in [1.807, 2.05) is 4.90 Å². The highest BCUT2D eigenvalue weighted by molar-refractivity contribution is 6.00. The van der Waals surface area contributed by atoms with Gasteiger partial charge < -0.3 is 20.6 Å². The quantitative estimate of drug-likeness (QED) is 0.675. The first-order valence-electron chi connectivity index (χ1n) is 9.53. The van der Waals surface area contributed by atoms with Crippen molar-refractivity contribution in [3.63, 3.8) is 0 Å². The summed E-state index contributed by atoms with van der Waals surface area (Å²) in [6.45, 7) is 3.70. The lowest BCUT2D eigenvalue weighted by Gasteiger charge is -2.33. The number of carbonyl (C=O) groups is 2. The first-order valence-corrected chi connectivity index (χ1v) is 9.53. The summed E-state index contributed by atoms with van der Waals surface area (Å²) in [5.74, 6) is 0. The Morgan fingerprint density at radius 3 is 2.39 bits per heavy atom. The van der Waals surface area contributed by atoms with E-state index in [1.165, 1.54) is 23.2 Å². The topological polar surface area (TPSA) is 97.8 Å². The van der Waals surface area contributed by atoms with Gasteiger partial charge in [0.05, 0.1) is 23.1 Å². The standard InChI is InChI=1S/C20H22F3N5O3/c1-13-2-4-15(11-24-13)25-18(29)26-17-10-14(3-5-16(17)20(21,22)23)12-27-6-8-28(9-7-27)19(30)31/h2-5,10-11H,6-9,12H2,1H3,(H,30,31)(H2,25,26,29). The zero-order chi connectivity index (χ0) is 22.6. The molecule has 1 aromatic carbocycles. The van der Waals surface area contributed by atoms with Gasteiger partial charge in [-0.2, -0.15) is 13.2 Å². The van der Waals surface area contributed by atoms with E-state index in [2.05, 4.69) is 15.6 Å². The van der Waals surface area contributed by atoms with Crippen LogP contribution < -0.4 is 10.6 Å². The number of rotatable bonds is 4. The SMILES string of the molecule is Cc1ccc(NC(=O)Nc2cc(CN3CCN(C(=O)O)CC3)ccc2C(F)(F)F)cn1. The predicted molar refractivity (Wildman–Crippen MR) is 108 cm³/mol. The third-order valence-corrected chi connectivity index (χ3v) is 4.86. The van der Waals surface area contributed by atoms with E-state index in [-0.39, 0.29) is 5.69 Å². The van der Waals surface area contributed by atoms with Gasteiger partial charge in [0, 0.05) is 38.4 Å². The van der Waals surface area contributed by atoms with Gasteiger partial charge in [-0.15, -0.1) is 0 Å². The van der Waals surface area contributed by atoms with Crippen LogP contribution in [0.15, 0.2) is 36.5 Å². The number of carbonyl (C=O) groups excluding carboxylic acids is 1. The normalized spacial score (nSPS) is 14.9. The van der Waals surface area contributed by atoms with Gasteiger partial charge in [0.1, 0.15) is 0 Å². The average molecular weight is 437 g/mol. The molecule has 3 amide bonds. The van der Waals surface area contributed by atoms with Crippen LogP contribution >= 0.6 is 0 Å². The lowest BCUT2D eigenvalue weighted by atomic mass is 10.1. The Morgan fingerprint density at radius 1 is 1.10 bits per heavy atom. The lowest BCUT2D eigenvalue weighted by Crippen LogP contribution is -2.47. The van der Waals surface area contributed by atoms with Crippen molar-refractivity contribution in [1.29, 1.82) is 0 Å². The summed E-state index contributed by atoms with van der Waals surface area (Å²) in [6, 6.07) is 6.04. The maximum absolute atomic E-state index is 13.4. The van der Waals surface area contributed by atoms with Crippen LogP contribution in [0.5, 0.6) is 0 Å². The van der Waals surface area contributed by atoms with Crippen LogP contribution in [-0.4, -0.2) is 58.2 Å². The fourth-order valence-corrected chi connectivity index (χ4v) is 3.22. The van der Waals surface area contributed by atoms with Gasteiger partial charge in [0.15, 0.2) is 0 Å². The predicted octanol–water partition coefficient (Wildman–Crippen LogP) is 3.85. The number of urea groups is 1. The number of anilines is 2. The highest BCUT2D eigenvalue weighted by Gasteiger charge is 2.34. The van der Waals surface area contributed by atoms with Crippen molar-refractivity contribution in [2.24, 2.45) is 0 Å². The summed E-state index contributed by atoms with van der Waals surface area (Å²) in [5, 5.41) is 13.8. The number of amides is 3. The highest BCUT2D eigenvalue weighted by atomic mass is 19.4. The van der Waals surface area contributed by atoms with E-state index < -0.39 is 23.9 Å². The van der Waals surface area contributed by atoms with Gasteiger partial charge in [0.25, 0.3) is 0 Å². The Morgan fingerprint density at radius 2 is 1.81 bits per heavy atom. The van der Waals surface area contributed by atoms with Gasteiger partial charge in [0.2, 0.25) is 0 Å². The molecule has 11 heteroatoms. The van der Waals surface area contributed by atoms with E-state index in [4.69, 9.17) is 5.11 Å². The molecule has 0 bridgehead atoms. The molecule has 2 aromatic rings. The molecule has 1 aliphatic rings. The minimum Gasteiger partial charge on any atom is -0.465 e. The molecule has 8 nitrogen and oxygen atoms in total. The molecule has 0 spiro atoms. The van der Waals surface area contributed by atoms with E-state index in [0.717, 1.165) is 11.8 Å². The summed E-state index contributed by atoms with van der Waals surface area (Å²) in [4.78, 5) is 30.5. The number of pyridine rings is 1. The Hall–Kier alpha value is -3.34. The molecule has 0 saturated carbocycles. The molecule has 1 saturated heterocycles. The molecular weight excluding hydrogens is 415 g/mol. The van der Waals surface area contributed by atoms with Gasteiger partial charge in [-0.1, -0.05) is 6.07 Å². The first kappa shape index (κ1) is 22.3. The number of nitrogens with one attached hydrogen (secondary N) is 2. The summed E-state index contributed by atoms with van der Waals surface area (Å²) >= 11 is 0. The number of aryl methyl sites for hydroxylation is 1. The monoisotopic (exact) mass is 437 g/mol. The van der Waals surface area contributed by atoms with Crippen LogP contribution in [-0.2, 0) is 12.7 Å². The Balaban J connectivity index is 1.72. The van der Waals surface area contributed by atoms with E-state index in [1.54, 1.807) is 19.1 Å². The Kier molecular flexibility index (Phi) is 6.64. The molecule has 2 heterocycles. The number of hydrogen-bond donors (Lipinski definition) is 3. The van der Waals surface area contributed by atoms with Gasteiger partial charge in [-0.3, -0.25) is 9.88 Å². The van der Waals surface area contributed by atoms with Crippen molar-refractivity contribution in [2.75, 3.05) is 36.8 Å². The van der Waals surface area contributed by atoms with E-state index >= 15 is 0 Å². The van der Waals surface area contributed by atoms with Crippen LogP contribution in [0, 0.1) is 6.92 Å². The number of aromatic nitrogens is 1. The van der Waals surface area contributed by atoms with Crippen molar-refractivity contribution in [1.82, 2.24) is 14.8 Å². The number of halogens is 3. The second kappa shape index (κ2) is 9.21. The van der Waals surface area contributed by atoms with Crippen molar-refractivity contribution < 1.29 is 27.9 Å². The summed E-state index contributed by atoms with van der Waals surface area (Å²) in [7, 11) is 0. The number of benzene rings is 1. The van der Waals surface area contributed by atoms with E-state index in [0.29, 0.717) is 44.0 Å². The molecular formula is C20H22F3N5O3. The molecule has 0 radical (unpaired) electrons. The Bertz CT molecular complexity index is 942. The minimum absolute atomic E-state index is 0.327. The van der Waals surface area contributed by atoms with E-state index in [9.17, 15) is 22.8 Å². The number of alkyl halides is 3. The second-order valence-corrected chi connectivity index (χ2v) is 7.19. The second-order valence-electron chi connectivity index (χ2n) is 7.19. The van der Waals surface area contributed by atoms with Crippen molar-refractivity contribution >= 4 is 23.5 Å². The van der Waals surface area contributed by atoms with Crippen molar-refractivity contribution in [2.45, 2.75) is 19.6 Å². The maximum atomic E-state index is 13.4. The summed E-state index contributed by atoms with van der Waals surface area (Å²) in [5.41, 5.74) is 0.353. The van der Waals surface area contributed by atoms with Gasteiger partial charge in [-0.05, 0) is 36.8 Å². The number of hydrogen-bond acceptors (Lipinski definition) is 4. The molecule has 31 heavy (non-hydrogen) atoms. The van der Waals surface area contributed by atoms with Crippen LogP contribution in [0.1, 0.15) is 16.8 Å². The minimum atomic E-state index is -4.64. The van der Waals surface area contributed by atoms with Crippen LogP contribution in [0.25, 0.3) is 0 Å². The van der Waals surface area contributed by atoms with Gasteiger partial charge in [-0.25, -0.2) is 9.59 Å². The number of piperazine rings is 1. The average Bonchev–Trinajstić information content (AvgIpc) is 2.69. The fourth-order valence-electron chi connectivity index (χ4n) is 3.22. The molecule has 0 aliphatic carbocycles. The maximum Gasteiger partial charge on any atom is 0.418 e. The first-order chi connectivity index (χ1) is 14.6. The molecule has 166 valence electrons. The third-order valence-electron chi connectivity index (χ3n) is 4.86. The zero-order valence-corrected chi connectivity index (χ0v) is 16.7. The largest absolute Gasteiger partial charge is 0.465 e. The van der Waals surface area contributed by atoms with Crippen LogP contribution in [0.4, 0.5) is 34.1 Å². The summed E-state index contributed by atoms with van der Waals surface area (Å²) < 4.78 is 40.3. The molecule has 1 aliphatic heterocycles.